The van der Waals surface area contributed by atoms with Gasteiger partial charge in [-0.1, -0.05) is 72.3 Å². The van der Waals surface area contributed by atoms with Gasteiger partial charge in [0.15, 0.2) is 0 Å². The van der Waals surface area contributed by atoms with Crippen LogP contribution in [0.2, 0.25) is 5.02 Å². The van der Waals surface area contributed by atoms with Crippen LogP contribution < -0.4 is 15.8 Å². The van der Waals surface area contributed by atoms with Gasteiger partial charge in [0, 0.05) is 40.4 Å². The van der Waals surface area contributed by atoms with Gasteiger partial charge in [-0.3, -0.25) is 9.59 Å². The fourth-order valence-corrected chi connectivity index (χ4v) is 5.87. The maximum atomic E-state index is 14.0. The van der Waals surface area contributed by atoms with Crippen molar-refractivity contribution in [3.8, 4) is 5.75 Å². The average molecular weight is 597 g/mol. The molecule has 2 amide bonds. The van der Waals surface area contributed by atoms with Crippen LogP contribution in [0.5, 0.6) is 5.75 Å². The molecule has 9 nitrogen and oxygen atoms in total. The second-order valence-electron chi connectivity index (χ2n) is 10.6. The van der Waals surface area contributed by atoms with Crippen LogP contribution in [0, 0.1) is 0 Å². The predicted molar refractivity (Wildman–Crippen MR) is 166 cm³/mol. The maximum absolute atomic E-state index is 14.0. The minimum absolute atomic E-state index is 0. The van der Waals surface area contributed by atoms with Gasteiger partial charge in [-0.25, -0.2) is 0 Å². The van der Waals surface area contributed by atoms with E-state index in [1.807, 2.05) is 60.7 Å². The molecule has 0 saturated carbocycles. The molecule has 0 aromatic heterocycles. The Balaban J connectivity index is 0.00000484. The Bertz CT molecular complexity index is 1300. The molecular formula is C32H41ClN4O5. The number of anilines is 1. The van der Waals surface area contributed by atoms with Crippen LogP contribution in [0.4, 0.5) is 5.69 Å². The standard InChI is InChI=1S/C32H39ClN4O4.H2O/c1-36(2)31(39)32(22-11-7-5-8-12-22,23-13-9-6-10-14-23)16-18-37-17-15-27(29(21-37)41-4)35-30(38)24-19-25(33)26(34)20-28(24)40-3;/h5-14,19-20,27,29H,15-18,21,34H2,1-4H3,(H,35,38);1H2/t27-,29+;/m1./s1. The van der Waals surface area contributed by atoms with Crippen molar-refractivity contribution in [2.75, 3.05) is 53.7 Å². The first kappa shape index (κ1) is 32.9. The van der Waals surface area contributed by atoms with Crippen LogP contribution in [-0.2, 0) is 14.9 Å². The molecule has 1 aliphatic rings. The van der Waals surface area contributed by atoms with Crippen molar-refractivity contribution in [2.45, 2.75) is 30.4 Å². The average Bonchev–Trinajstić information content (AvgIpc) is 3.00. The summed E-state index contributed by atoms with van der Waals surface area (Å²) in [6.07, 6.45) is 1.03. The lowest BCUT2D eigenvalue weighted by molar-refractivity contribution is -0.133. The fraction of sp³-hybridized carbons (Fsp3) is 0.375. The Hall–Kier alpha value is -3.63. The van der Waals surface area contributed by atoms with Crippen LogP contribution in [0.3, 0.4) is 0 Å². The molecule has 1 saturated heterocycles. The van der Waals surface area contributed by atoms with Crippen molar-refractivity contribution in [1.82, 2.24) is 15.1 Å². The number of nitrogens with zero attached hydrogens (tertiary/aromatic N) is 2. The smallest absolute Gasteiger partial charge is 0.255 e. The van der Waals surface area contributed by atoms with Gasteiger partial charge < -0.3 is 35.8 Å². The van der Waals surface area contributed by atoms with Gasteiger partial charge in [-0.05, 0) is 36.6 Å². The summed E-state index contributed by atoms with van der Waals surface area (Å²) < 4.78 is 11.2. The first-order valence-corrected chi connectivity index (χ1v) is 14.1. The summed E-state index contributed by atoms with van der Waals surface area (Å²) in [5.41, 5.74) is 7.64. The van der Waals surface area contributed by atoms with Gasteiger partial charge in [0.25, 0.3) is 5.91 Å². The summed E-state index contributed by atoms with van der Waals surface area (Å²) in [6.45, 7) is 2.02. The number of likely N-dealkylation sites (N-methyl/N-ethyl adjacent to an activating group) is 1. The van der Waals surface area contributed by atoms with E-state index < -0.39 is 5.41 Å². The quantitative estimate of drug-likeness (QED) is 0.345. The molecule has 0 aliphatic carbocycles. The topological polar surface area (TPSA) is 129 Å². The molecule has 0 bridgehead atoms. The second kappa shape index (κ2) is 14.5. The summed E-state index contributed by atoms with van der Waals surface area (Å²) >= 11 is 6.19. The van der Waals surface area contributed by atoms with Gasteiger partial charge in [-0.15, -0.1) is 0 Å². The molecule has 226 valence electrons. The van der Waals surface area contributed by atoms with Gasteiger partial charge in [0.2, 0.25) is 5.91 Å². The van der Waals surface area contributed by atoms with Crippen LogP contribution in [0.15, 0.2) is 72.8 Å². The van der Waals surface area contributed by atoms with E-state index in [4.69, 9.17) is 26.8 Å². The molecule has 3 aromatic rings. The van der Waals surface area contributed by atoms with Gasteiger partial charge in [0.1, 0.15) is 11.2 Å². The van der Waals surface area contributed by atoms with Crippen LogP contribution in [-0.4, -0.2) is 87.2 Å². The van der Waals surface area contributed by atoms with E-state index in [-0.39, 0.29) is 29.4 Å². The third kappa shape index (κ3) is 6.87. The molecular weight excluding hydrogens is 556 g/mol. The fourth-order valence-electron chi connectivity index (χ4n) is 5.71. The third-order valence-electron chi connectivity index (χ3n) is 7.93. The van der Waals surface area contributed by atoms with Crippen molar-refractivity contribution in [3.05, 3.63) is 94.5 Å². The Morgan fingerprint density at radius 2 is 1.64 bits per heavy atom. The minimum atomic E-state index is -0.843. The van der Waals surface area contributed by atoms with Crippen molar-refractivity contribution in [3.63, 3.8) is 0 Å². The summed E-state index contributed by atoms with van der Waals surface area (Å²) in [5, 5.41) is 3.40. The number of amides is 2. The molecule has 5 N–H and O–H groups in total. The number of methoxy groups -OCH3 is 2. The number of rotatable bonds is 10. The van der Waals surface area contributed by atoms with Crippen molar-refractivity contribution >= 4 is 29.1 Å². The summed E-state index contributed by atoms with van der Waals surface area (Å²) in [5.74, 6) is 0.101. The number of carbonyl (C=O) groups is 2. The Morgan fingerprint density at radius 1 is 1.05 bits per heavy atom. The predicted octanol–water partition coefficient (Wildman–Crippen LogP) is 3.39. The number of nitrogens with one attached hydrogen (secondary N) is 1. The maximum Gasteiger partial charge on any atom is 0.255 e. The van der Waals surface area contributed by atoms with Crippen LogP contribution in [0.1, 0.15) is 34.3 Å². The van der Waals surface area contributed by atoms with E-state index in [2.05, 4.69) is 10.2 Å². The number of nitrogens with two attached hydrogens (primary N) is 1. The van der Waals surface area contributed by atoms with E-state index in [1.54, 1.807) is 32.2 Å². The number of likely N-dealkylation sites (tertiary alicyclic amines) is 1. The highest BCUT2D eigenvalue weighted by Crippen LogP contribution is 2.38. The van der Waals surface area contributed by atoms with E-state index in [9.17, 15) is 9.59 Å². The molecule has 0 radical (unpaired) electrons. The zero-order chi connectivity index (χ0) is 29.6. The molecule has 0 spiro atoms. The van der Waals surface area contributed by atoms with Gasteiger partial charge in [0.05, 0.1) is 35.5 Å². The number of halogens is 1. The van der Waals surface area contributed by atoms with Gasteiger partial charge >= 0.3 is 0 Å². The Labute approximate surface area is 252 Å². The third-order valence-corrected chi connectivity index (χ3v) is 8.26. The monoisotopic (exact) mass is 596 g/mol. The number of piperidine rings is 1. The number of carbonyl (C=O) groups excluding carboxylic acids is 2. The first-order chi connectivity index (χ1) is 19.7. The number of nitrogen functional groups attached to an aromatic ring is 1. The molecule has 2 atom stereocenters. The van der Waals surface area contributed by atoms with Crippen molar-refractivity contribution < 1.29 is 24.5 Å². The zero-order valence-electron chi connectivity index (χ0n) is 24.6. The summed E-state index contributed by atoms with van der Waals surface area (Å²) in [6, 6.07) is 22.9. The molecule has 1 fully saturated rings. The molecule has 42 heavy (non-hydrogen) atoms. The number of hydrogen-bond donors (Lipinski definition) is 2. The zero-order valence-corrected chi connectivity index (χ0v) is 25.4. The normalized spacial score (nSPS) is 17.2. The molecule has 0 unspecified atom stereocenters. The Kier molecular flexibility index (Phi) is 11.4. The molecule has 1 heterocycles. The van der Waals surface area contributed by atoms with E-state index in [0.29, 0.717) is 48.0 Å². The van der Waals surface area contributed by atoms with Gasteiger partial charge in [-0.2, -0.15) is 0 Å². The Morgan fingerprint density at radius 3 is 2.17 bits per heavy atom. The van der Waals surface area contributed by atoms with Crippen LogP contribution in [0.25, 0.3) is 0 Å². The van der Waals surface area contributed by atoms with Crippen LogP contribution >= 0.6 is 11.6 Å². The van der Waals surface area contributed by atoms with E-state index in [0.717, 1.165) is 17.7 Å². The lowest BCUT2D eigenvalue weighted by atomic mass is 9.70. The molecule has 10 heteroatoms. The molecule has 1 aliphatic heterocycles. The summed E-state index contributed by atoms with van der Waals surface area (Å²) in [7, 11) is 6.76. The first-order valence-electron chi connectivity index (χ1n) is 13.7. The minimum Gasteiger partial charge on any atom is -0.496 e. The highest BCUT2D eigenvalue weighted by atomic mass is 35.5. The lowest BCUT2D eigenvalue weighted by Crippen LogP contribution is -2.55. The highest BCUT2D eigenvalue weighted by Gasteiger charge is 2.43. The number of benzene rings is 3. The summed E-state index contributed by atoms with van der Waals surface area (Å²) in [4.78, 5) is 31.2. The largest absolute Gasteiger partial charge is 0.496 e. The SMILES string of the molecule is COc1cc(N)c(Cl)cc1C(=O)N[C@@H]1CCN(CCC(C(=O)N(C)C)(c2ccccc2)c2ccccc2)C[C@@H]1OC.O. The van der Waals surface area contributed by atoms with E-state index >= 15 is 0 Å². The lowest BCUT2D eigenvalue weighted by Gasteiger charge is -2.41. The molecule has 3 aromatic carbocycles. The van der Waals surface area contributed by atoms with Crippen molar-refractivity contribution in [1.29, 1.82) is 0 Å². The second-order valence-corrected chi connectivity index (χ2v) is 11.0. The molecule has 4 rings (SSSR count). The van der Waals surface area contributed by atoms with E-state index in [1.165, 1.54) is 13.2 Å². The number of ether oxygens (including phenoxy) is 2. The highest BCUT2D eigenvalue weighted by molar-refractivity contribution is 6.33. The van der Waals surface area contributed by atoms with Crippen molar-refractivity contribution in [2.24, 2.45) is 0 Å². The number of hydrogen-bond acceptors (Lipinski definition) is 6.